The Labute approximate surface area is 98.3 Å². The highest BCUT2D eigenvalue weighted by Crippen LogP contribution is 2.30. The van der Waals surface area contributed by atoms with Crippen LogP contribution in [0, 0.1) is 0 Å². The van der Waals surface area contributed by atoms with Crippen LogP contribution in [0.15, 0.2) is 23.6 Å². The van der Waals surface area contributed by atoms with Crippen molar-refractivity contribution in [3.05, 3.63) is 29.1 Å². The minimum Gasteiger partial charge on any atom is -0.398 e. The fourth-order valence-corrected chi connectivity index (χ4v) is 2.60. The number of nitrogen functional groups attached to an aromatic ring is 1. The third-order valence-electron chi connectivity index (χ3n) is 2.30. The van der Waals surface area contributed by atoms with E-state index >= 15 is 0 Å². The molecule has 1 amide bonds. The summed E-state index contributed by atoms with van der Waals surface area (Å²) in [4.78, 5) is 11.9. The molecule has 4 heteroatoms. The number of hydrogen-bond acceptors (Lipinski definition) is 3. The lowest BCUT2D eigenvalue weighted by Crippen LogP contribution is -2.29. The van der Waals surface area contributed by atoms with Crippen LogP contribution in [0.25, 0.3) is 10.1 Å². The van der Waals surface area contributed by atoms with Gasteiger partial charge in [-0.15, -0.1) is 11.3 Å². The Kier molecular flexibility index (Phi) is 2.83. The first kappa shape index (κ1) is 11.0. The summed E-state index contributed by atoms with van der Waals surface area (Å²) < 4.78 is 1.05. The molecule has 1 aromatic carbocycles. The zero-order chi connectivity index (χ0) is 11.7. The van der Waals surface area contributed by atoms with Crippen LogP contribution in [-0.2, 0) is 0 Å². The standard InChI is InChI=1S/C12H14N2OS/c1-7(2)14-12(15)8-6-16-10-5-3-4-9(13)11(8)10/h3-7H,13H2,1-2H3,(H,14,15). The van der Waals surface area contributed by atoms with E-state index in [9.17, 15) is 4.79 Å². The van der Waals surface area contributed by atoms with Crippen LogP contribution >= 0.6 is 11.3 Å². The topological polar surface area (TPSA) is 55.1 Å². The normalized spacial score (nSPS) is 10.9. The number of anilines is 1. The summed E-state index contributed by atoms with van der Waals surface area (Å²) in [6.07, 6.45) is 0. The number of nitrogens with two attached hydrogens (primary N) is 1. The van der Waals surface area contributed by atoms with E-state index in [1.54, 1.807) is 11.3 Å². The van der Waals surface area contributed by atoms with Crippen molar-refractivity contribution in [1.82, 2.24) is 5.32 Å². The van der Waals surface area contributed by atoms with Gasteiger partial charge in [0.2, 0.25) is 0 Å². The number of carbonyl (C=O) groups is 1. The molecule has 0 aliphatic carbocycles. The summed E-state index contributed by atoms with van der Waals surface area (Å²) in [6.45, 7) is 3.88. The van der Waals surface area contributed by atoms with E-state index in [1.165, 1.54) is 0 Å². The van der Waals surface area contributed by atoms with E-state index in [1.807, 2.05) is 37.4 Å². The third-order valence-corrected chi connectivity index (χ3v) is 3.24. The van der Waals surface area contributed by atoms with E-state index in [-0.39, 0.29) is 11.9 Å². The molecule has 0 spiro atoms. The van der Waals surface area contributed by atoms with Gasteiger partial charge in [-0.25, -0.2) is 0 Å². The first-order chi connectivity index (χ1) is 7.59. The van der Waals surface area contributed by atoms with Crippen LogP contribution in [0.1, 0.15) is 24.2 Å². The predicted molar refractivity (Wildman–Crippen MR) is 68.8 cm³/mol. The molecule has 3 N–H and O–H groups in total. The smallest absolute Gasteiger partial charge is 0.253 e. The maximum absolute atomic E-state index is 11.9. The van der Waals surface area contributed by atoms with Crippen molar-refractivity contribution in [1.29, 1.82) is 0 Å². The van der Waals surface area contributed by atoms with Crippen LogP contribution in [0.5, 0.6) is 0 Å². The Balaban J connectivity index is 2.49. The third kappa shape index (κ3) is 1.88. The van der Waals surface area contributed by atoms with Crippen LogP contribution < -0.4 is 11.1 Å². The molecular formula is C12H14N2OS. The zero-order valence-corrected chi connectivity index (χ0v) is 10.1. The van der Waals surface area contributed by atoms with Crippen molar-refractivity contribution in [2.75, 3.05) is 5.73 Å². The summed E-state index contributed by atoms with van der Waals surface area (Å²) in [5.74, 6) is -0.0563. The predicted octanol–water partition coefficient (Wildman–Crippen LogP) is 2.62. The monoisotopic (exact) mass is 234 g/mol. The van der Waals surface area contributed by atoms with E-state index in [2.05, 4.69) is 5.32 Å². The van der Waals surface area contributed by atoms with Crippen molar-refractivity contribution in [3.63, 3.8) is 0 Å². The highest BCUT2D eigenvalue weighted by Gasteiger charge is 2.14. The summed E-state index contributed by atoms with van der Waals surface area (Å²) in [5.41, 5.74) is 7.23. The van der Waals surface area contributed by atoms with Crippen LogP contribution in [-0.4, -0.2) is 11.9 Å². The number of rotatable bonds is 2. The molecule has 0 saturated carbocycles. The van der Waals surface area contributed by atoms with Crippen LogP contribution in [0.2, 0.25) is 0 Å². The number of carbonyl (C=O) groups excluding carboxylic acids is 1. The molecule has 0 bridgehead atoms. The molecule has 0 fully saturated rings. The van der Waals surface area contributed by atoms with E-state index in [0.717, 1.165) is 10.1 Å². The molecule has 1 aromatic heterocycles. The Morgan fingerprint density at radius 3 is 2.88 bits per heavy atom. The van der Waals surface area contributed by atoms with Crippen molar-refractivity contribution >= 4 is 33.0 Å². The summed E-state index contributed by atoms with van der Waals surface area (Å²) in [6, 6.07) is 5.83. The molecule has 16 heavy (non-hydrogen) atoms. The van der Waals surface area contributed by atoms with Gasteiger partial charge < -0.3 is 11.1 Å². The van der Waals surface area contributed by atoms with E-state index < -0.39 is 0 Å². The van der Waals surface area contributed by atoms with Gasteiger partial charge in [-0.3, -0.25) is 4.79 Å². The molecule has 0 saturated heterocycles. The van der Waals surface area contributed by atoms with Gasteiger partial charge >= 0.3 is 0 Å². The van der Waals surface area contributed by atoms with E-state index in [4.69, 9.17) is 5.73 Å². The first-order valence-corrected chi connectivity index (χ1v) is 6.04. The number of amides is 1. The van der Waals surface area contributed by atoms with Crippen LogP contribution in [0.4, 0.5) is 5.69 Å². The Hall–Kier alpha value is -1.55. The number of fused-ring (bicyclic) bond motifs is 1. The van der Waals surface area contributed by atoms with Gasteiger partial charge in [-0.05, 0) is 26.0 Å². The summed E-state index contributed by atoms with van der Waals surface area (Å²) >= 11 is 1.54. The van der Waals surface area contributed by atoms with Gasteiger partial charge in [0.15, 0.2) is 0 Å². The molecule has 0 aliphatic heterocycles. The lowest BCUT2D eigenvalue weighted by Gasteiger charge is -2.07. The second kappa shape index (κ2) is 4.14. The minimum atomic E-state index is -0.0563. The Morgan fingerprint density at radius 2 is 2.19 bits per heavy atom. The number of hydrogen-bond donors (Lipinski definition) is 2. The molecule has 3 nitrogen and oxygen atoms in total. The molecular weight excluding hydrogens is 220 g/mol. The maximum atomic E-state index is 11.9. The van der Waals surface area contributed by atoms with Crippen molar-refractivity contribution in [2.24, 2.45) is 0 Å². The average molecular weight is 234 g/mol. The summed E-state index contributed by atoms with van der Waals surface area (Å²) in [5, 5.41) is 5.60. The van der Waals surface area contributed by atoms with Crippen LogP contribution in [0.3, 0.4) is 0 Å². The molecule has 0 aliphatic rings. The Morgan fingerprint density at radius 1 is 1.44 bits per heavy atom. The quantitative estimate of drug-likeness (QED) is 0.785. The number of thiophene rings is 1. The highest BCUT2D eigenvalue weighted by molar-refractivity contribution is 7.17. The van der Waals surface area contributed by atoms with Gasteiger partial charge in [0, 0.05) is 27.2 Å². The SMILES string of the molecule is CC(C)NC(=O)c1csc2cccc(N)c12. The molecule has 0 radical (unpaired) electrons. The molecule has 2 aromatic rings. The van der Waals surface area contributed by atoms with Gasteiger partial charge in [0.1, 0.15) is 0 Å². The molecule has 0 atom stereocenters. The number of benzene rings is 1. The molecule has 0 unspecified atom stereocenters. The largest absolute Gasteiger partial charge is 0.398 e. The van der Waals surface area contributed by atoms with Gasteiger partial charge in [-0.2, -0.15) is 0 Å². The lowest BCUT2D eigenvalue weighted by molar-refractivity contribution is 0.0945. The zero-order valence-electron chi connectivity index (χ0n) is 9.28. The van der Waals surface area contributed by atoms with Gasteiger partial charge in [-0.1, -0.05) is 6.07 Å². The fourth-order valence-electron chi connectivity index (χ4n) is 1.62. The lowest BCUT2D eigenvalue weighted by atomic mass is 10.1. The molecule has 84 valence electrons. The van der Waals surface area contributed by atoms with Gasteiger partial charge in [0.05, 0.1) is 5.56 Å². The van der Waals surface area contributed by atoms with Crippen molar-refractivity contribution in [3.8, 4) is 0 Å². The summed E-state index contributed by atoms with van der Waals surface area (Å²) in [7, 11) is 0. The second-order valence-corrected chi connectivity index (χ2v) is 4.91. The maximum Gasteiger partial charge on any atom is 0.253 e. The minimum absolute atomic E-state index is 0.0563. The number of nitrogens with one attached hydrogen (secondary N) is 1. The first-order valence-electron chi connectivity index (χ1n) is 5.16. The Bertz CT molecular complexity index is 531. The molecule has 1 heterocycles. The second-order valence-electron chi connectivity index (χ2n) is 4.00. The van der Waals surface area contributed by atoms with Gasteiger partial charge in [0.25, 0.3) is 5.91 Å². The van der Waals surface area contributed by atoms with E-state index in [0.29, 0.717) is 11.3 Å². The average Bonchev–Trinajstić information content (AvgIpc) is 2.61. The fraction of sp³-hybridized carbons (Fsp3) is 0.250. The van der Waals surface area contributed by atoms with Crippen molar-refractivity contribution in [2.45, 2.75) is 19.9 Å². The highest BCUT2D eigenvalue weighted by atomic mass is 32.1. The molecule has 2 rings (SSSR count). The van der Waals surface area contributed by atoms with Crippen molar-refractivity contribution < 1.29 is 4.79 Å².